The highest BCUT2D eigenvalue weighted by molar-refractivity contribution is 7.95. The number of nitrogens with zero attached hydrogens (tertiary/aromatic N) is 1. The summed E-state index contributed by atoms with van der Waals surface area (Å²) in [7, 11) is -3.65. The van der Waals surface area contributed by atoms with Crippen LogP contribution in [0.1, 0.15) is 12.8 Å². The van der Waals surface area contributed by atoms with Crippen molar-refractivity contribution in [3.8, 4) is 0 Å². The van der Waals surface area contributed by atoms with E-state index in [4.69, 9.17) is 5.11 Å². The highest BCUT2D eigenvalue weighted by Gasteiger charge is 2.28. The Labute approximate surface area is 147 Å². The number of hydrogen-bond donors (Lipinski definition) is 1. The quantitative estimate of drug-likeness (QED) is 0.888. The average molecular weight is 359 g/mol. The van der Waals surface area contributed by atoms with Crippen LogP contribution in [0.4, 0.5) is 0 Å². The predicted molar refractivity (Wildman–Crippen MR) is 97.1 cm³/mol. The second-order valence-corrected chi connectivity index (χ2v) is 8.52. The summed E-state index contributed by atoms with van der Waals surface area (Å²) in [5.41, 5.74) is 0. The molecule has 1 saturated heterocycles. The van der Waals surface area contributed by atoms with Crippen LogP contribution in [0.25, 0.3) is 10.8 Å². The molecule has 1 heterocycles. The number of benzene rings is 2. The molecule has 1 atom stereocenters. The summed E-state index contributed by atoms with van der Waals surface area (Å²) >= 11 is 0. The van der Waals surface area contributed by atoms with Crippen LogP contribution in [-0.4, -0.2) is 44.0 Å². The van der Waals surface area contributed by atoms with Gasteiger partial charge in [0.1, 0.15) is 0 Å². The van der Waals surface area contributed by atoms with E-state index in [-0.39, 0.29) is 16.3 Å². The lowest BCUT2D eigenvalue weighted by atomic mass is 9.98. The molecule has 1 fully saturated rings. The maximum atomic E-state index is 12.8. The van der Waals surface area contributed by atoms with Crippen molar-refractivity contribution in [2.75, 3.05) is 19.6 Å². The van der Waals surface area contributed by atoms with E-state index in [2.05, 4.69) is 6.58 Å². The van der Waals surface area contributed by atoms with Gasteiger partial charge in [-0.2, -0.15) is 0 Å². The molecule has 132 valence electrons. The zero-order valence-corrected chi connectivity index (χ0v) is 14.7. The normalized spacial score (nSPS) is 19.0. The van der Waals surface area contributed by atoms with E-state index in [1.807, 2.05) is 29.2 Å². The van der Waals surface area contributed by atoms with Gasteiger partial charge in [-0.3, -0.25) is 9.69 Å². The molecule has 6 heteroatoms. The zero-order valence-electron chi connectivity index (χ0n) is 13.9. The number of likely N-dealkylation sites (tertiary alicyclic amines) is 1. The van der Waals surface area contributed by atoms with Crippen molar-refractivity contribution in [1.29, 1.82) is 0 Å². The summed E-state index contributed by atoms with van der Waals surface area (Å²) in [6.07, 6.45) is 1.38. The lowest BCUT2D eigenvalue weighted by Crippen LogP contribution is -2.40. The number of sulfone groups is 1. The molecule has 0 radical (unpaired) electrons. The second-order valence-electron chi connectivity index (χ2n) is 6.46. The Morgan fingerprint density at radius 3 is 2.64 bits per heavy atom. The largest absolute Gasteiger partial charge is 0.481 e. The fraction of sp³-hybridized carbons (Fsp3) is 0.316. The van der Waals surface area contributed by atoms with E-state index in [0.717, 1.165) is 17.2 Å². The highest BCUT2D eigenvalue weighted by atomic mass is 32.2. The van der Waals surface area contributed by atoms with Crippen LogP contribution in [0.15, 0.2) is 58.8 Å². The minimum Gasteiger partial charge on any atom is -0.481 e. The van der Waals surface area contributed by atoms with Crippen LogP contribution in [0.3, 0.4) is 0 Å². The van der Waals surface area contributed by atoms with E-state index >= 15 is 0 Å². The number of piperidine rings is 1. The van der Waals surface area contributed by atoms with Gasteiger partial charge in [-0.1, -0.05) is 36.9 Å². The molecule has 1 unspecified atom stereocenters. The Bertz CT molecular complexity index is 920. The van der Waals surface area contributed by atoms with Crippen LogP contribution in [0.2, 0.25) is 0 Å². The van der Waals surface area contributed by atoms with Crippen LogP contribution >= 0.6 is 0 Å². The first-order chi connectivity index (χ1) is 11.9. The third-order valence-corrected chi connectivity index (χ3v) is 6.43. The Balaban J connectivity index is 1.78. The summed E-state index contributed by atoms with van der Waals surface area (Å²) in [5.74, 6) is -1.27. The lowest BCUT2D eigenvalue weighted by Gasteiger charge is -2.30. The predicted octanol–water partition coefficient (Wildman–Crippen LogP) is 2.92. The Morgan fingerprint density at radius 1 is 1.20 bits per heavy atom. The van der Waals surface area contributed by atoms with Crippen LogP contribution in [-0.2, 0) is 14.6 Å². The zero-order chi connectivity index (χ0) is 18.0. The number of aliphatic carboxylic acids is 1. The van der Waals surface area contributed by atoms with Gasteiger partial charge in [-0.15, -0.1) is 0 Å². The molecule has 2 aromatic carbocycles. The molecule has 25 heavy (non-hydrogen) atoms. The molecule has 2 aromatic rings. The topological polar surface area (TPSA) is 74.7 Å². The number of fused-ring (bicyclic) bond motifs is 1. The van der Waals surface area contributed by atoms with Crippen molar-refractivity contribution in [2.24, 2.45) is 5.92 Å². The van der Waals surface area contributed by atoms with Crippen molar-refractivity contribution >= 4 is 26.6 Å². The number of rotatable bonds is 5. The molecule has 1 N–H and O–H groups in total. The monoisotopic (exact) mass is 359 g/mol. The van der Waals surface area contributed by atoms with Crippen LogP contribution in [0.5, 0.6) is 0 Å². The van der Waals surface area contributed by atoms with Gasteiger partial charge in [0.15, 0.2) is 0 Å². The molecule has 1 aliphatic heterocycles. The van der Waals surface area contributed by atoms with Crippen molar-refractivity contribution in [3.05, 3.63) is 53.9 Å². The fourth-order valence-corrected chi connectivity index (χ4v) is 4.45. The van der Waals surface area contributed by atoms with Gasteiger partial charge >= 0.3 is 5.97 Å². The van der Waals surface area contributed by atoms with Gasteiger partial charge in [-0.25, -0.2) is 8.42 Å². The molecule has 0 bridgehead atoms. The second kappa shape index (κ2) is 6.98. The van der Waals surface area contributed by atoms with E-state index in [1.165, 1.54) is 0 Å². The fourth-order valence-electron chi connectivity index (χ4n) is 3.24. The van der Waals surface area contributed by atoms with Crippen molar-refractivity contribution in [3.63, 3.8) is 0 Å². The number of hydrogen-bond acceptors (Lipinski definition) is 4. The smallest absolute Gasteiger partial charge is 0.307 e. The number of carboxylic acid groups (broad SMARTS) is 1. The minimum absolute atomic E-state index is 0.105. The maximum absolute atomic E-state index is 12.8. The van der Waals surface area contributed by atoms with Crippen molar-refractivity contribution in [1.82, 2.24) is 4.90 Å². The summed E-state index contributed by atoms with van der Waals surface area (Å²) in [4.78, 5) is 13.4. The number of carbonyl (C=O) groups is 1. The molecule has 0 aliphatic carbocycles. The molecular formula is C19H21NO4S. The van der Waals surface area contributed by atoms with Gasteiger partial charge in [0.25, 0.3) is 0 Å². The van der Waals surface area contributed by atoms with Gasteiger partial charge < -0.3 is 5.11 Å². The first kappa shape index (κ1) is 17.6. The molecular weight excluding hydrogens is 338 g/mol. The molecule has 3 rings (SSSR count). The molecule has 0 saturated carbocycles. The molecule has 0 amide bonds. The van der Waals surface area contributed by atoms with Crippen LogP contribution in [0, 0.1) is 5.92 Å². The molecule has 1 aliphatic rings. The van der Waals surface area contributed by atoms with E-state index in [0.29, 0.717) is 19.5 Å². The van der Waals surface area contributed by atoms with Gasteiger partial charge in [-0.05, 0) is 42.3 Å². The molecule has 0 aromatic heterocycles. The van der Waals surface area contributed by atoms with Gasteiger partial charge in [0.2, 0.25) is 9.84 Å². The number of carboxylic acids is 1. The van der Waals surface area contributed by atoms with Crippen molar-refractivity contribution in [2.45, 2.75) is 17.7 Å². The minimum atomic E-state index is -3.65. The Morgan fingerprint density at radius 2 is 1.92 bits per heavy atom. The summed E-state index contributed by atoms with van der Waals surface area (Å²) < 4.78 is 25.6. The highest BCUT2D eigenvalue weighted by Crippen LogP contribution is 2.25. The maximum Gasteiger partial charge on any atom is 0.307 e. The van der Waals surface area contributed by atoms with E-state index < -0.39 is 21.7 Å². The molecule has 0 spiro atoms. The van der Waals surface area contributed by atoms with E-state index in [1.54, 1.807) is 18.2 Å². The summed E-state index contributed by atoms with van der Waals surface area (Å²) in [6, 6.07) is 12.6. The third-order valence-electron chi connectivity index (χ3n) is 4.67. The van der Waals surface area contributed by atoms with Gasteiger partial charge in [0, 0.05) is 13.1 Å². The van der Waals surface area contributed by atoms with Gasteiger partial charge in [0.05, 0.1) is 15.7 Å². The van der Waals surface area contributed by atoms with Crippen LogP contribution < -0.4 is 0 Å². The summed E-state index contributed by atoms with van der Waals surface area (Å²) in [6.45, 7) is 4.99. The Hall–Kier alpha value is -2.18. The third kappa shape index (κ3) is 3.75. The average Bonchev–Trinajstić information content (AvgIpc) is 2.61. The van der Waals surface area contributed by atoms with Crippen molar-refractivity contribution < 1.29 is 18.3 Å². The Kier molecular flexibility index (Phi) is 4.92. The SMILES string of the molecule is C=C(CN1CCCC(C(=O)O)C1)S(=O)(=O)c1ccc2ccccc2c1. The lowest BCUT2D eigenvalue weighted by molar-refractivity contribution is -0.143. The summed E-state index contributed by atoms with van der Waals surface area (Å²) in [5, 5.41) is 11.0. The first-order valence-electron chi connectivity index (χ1n) is 8.25. The first-order valence-corrected chi connectivity index (χ1v) is 9.73. The standard InChI is InChI=1S/C19H21NO4S/c1-14(12-20-10-4-7-17(13-20)19(21)22)25(23,24)18-9-8-15-5-2-3-6-16(15)11-18/h2-3,5-6,8-9,11,17H,1,4,7,10,12-13H2,(H,21,22). The molecule has 5 nitrogen and oxygen atoms in total. The van der Waals surface area contributed by atoms with E-state index in [9.17, 15) is 13.2 Å².